The Morgan fingerprint density at radius 2 is 1.88 bits per heavy atom. The van der Waals surface area contributed by atoms with E-state index >= 15 is 0 Å². The van der Waals surface area contributed by atoms with Crippen LogP contribution in [0.25, 0.3) is 0 Å². The summed E-state index contributed by atoms with van der Waals surface area (Å²) in [5.41, 5.74) is 0. The molecular formula is C12H10BrNO2. The zero-order valence-electron chi connectivity index (χ0n) is 8.68. The van der Waals surface area contributed by atoms with Crippen molar-refractivity contribution in [3.8, 4) is 17.2 Å². The van der Waals surface area contributed by atoms with Crippen molar-refractivity contribution in [1.82, 2.24) is 4.98 Å². The number of pyridine rings is 1. The smallest absolute Gasteiger partial charge is 0.169 e. The van der Waals surface area contributed by atoms with Crippen LogP contribution in [0.4, 0.5) is 0 Å². The molecule has 0 N–H and O–H groups in total. The number of para-hydroxylation sites is 2. The highest BCUT2D eigenvalue weighted by Gasteiger charge is 2.04. The zero-order chi connectivity index (χ0) is 11.4. The normalized spacial score (nSPS) is 9.88. The summed E-state index contributed by atoms with van der Waals surface area (Å²) in [6.45, 7) is 0. The zero-order valence-corrected chi connectivity index (χ0v) is 10.3. The van der Waals surface area contributed by atoms with Gasteiger partial charge in [-0.3, -0.25) is 4.98 Å². The Morgan fingerprint density at radius 1 is 1.12 bits per heavy atom. The average Bonchev–Trinajstić information content (AvgIpc) is 2.30. The summed E-state index contributed by atoms with van der Waals surface area (Å²) < 4.78 is 11.7. The van der Waals surface area contributed by atoms with Crippen molar-refractivity contribution in [1.29, 1.82) is 0 Å². The standard InChI is InChI=1S/C12H10BrNO2/c1-15-11-4-2-3-5-12(11)16-10-6-9(13)7-14-8-10/h2-8H,1H3. The van der Waals surface area contributed by atoms with Crippen LogP contribution in [0.3, 0.4) is 0 Å². The van der Waals surface area contributed by atoms with E-state index in [0.717, 1.165) is 4.47 Å². The van der Waals surface area contributed by atoms with E-state index in [-0.39, 0.29) is 0 Å². The predicted octanol–water partition coefficient (Wildman–Crippen LogP) is 3.65. The molecule has 82 valence electrons. The Balaban J connectivity index is 2.26. The Hall–Kier alpha value is -1.55. The number of methoxy groups -OCH3 is 1. The van der Waals surface area contributed by atoms with Crippen molar-refractivity contribution in [2.24, 2.45) is 0 Å². The van der Waals surface area contributed by atoms with Crippen LogP contribution >= 0.6 is 15.9 Å². The second-order valence-electron chi connectivity index (χ2n) is 3.09. The number of nitrogens with zero attached hydrogens (tertiary/aromatic N) is 1. The van der Waals surface area contributed by atoms with E-state index in [1.807, 2.05) is 30.3 Å². The van der Waals surface area contributed by atoms with Crippen LogP contribution in [0.15, 0.2) is 47.2 Å². The molecule has 1 heterocycles. The van der Waals surface area contributed by atoms with Crippen molar-refractivity contribution >= 4 is 15.9 Å². The number of hydrogen-bond donors (Lipinski definition) is 0. The molecule has 16 heavy (non-hydrogen) atoms. The third-order valence-electron chi connectivity index (χ3n) is 1.98. The van der Waals surface area contributed by atoms with Crippen LogP contribution in [-0.4, -0.2) is 12.1 Å². The van der Waals surface area contributed by atoms with Gasteiger partial charge in [0.25, 0.3) is 0 Å². The first kappa shape index (κ1) is 11.0. The van der Waals surface area contributed by atoms with Gasteiger partial charge in [-0.05, 0) is 34.1 Å². The van der Waals surface area contributed by atoms with Gasteiger partial charge in [-0.1, -0.05) is 12.1 Å². The maximum atomic E-state index is 5.66. The molecule has 2 aromatic rings. The van der Waals surface area contributed by atoms with Crippen molar-refractivity contribution in [2.75, 3.05) is 7.11 Å². The van der Waals surface area contributed by atoms with Crippen molar-refractivity contribution < 1.29 is 9.47 Å². The van der Waals surface area contributed by atoms with Gasteiger partial charge >= 0.3 is 0 Å². The van der Waals surface area contributed by atoms with Gasteiger partial charge in [0, 0.05) is 10.7 Å². The minimum absolute atomic E-state index is 0.666. The second kappa shape index (κ2) is 4.99. The summed E-state index contributed by atoms with van der Waals surface area (Å²) in [5.74, 6) is 2.03. The number of aromatic nitrogens is 1. The van der Waals surface area contributed by atoms with Gasteiger partial charge in [-0.15, -0.1) is 0 Å². The minimum atomic E-state index is 0.666. The van der Waals surface area contributed by atoms with Gasteiger partial charge < -0.3 is 9.47 Å². The largest absolute Gasteiger partial charge is 0.493 e. The summed E-state index contributed by atoms with van der Waals surface area (Å²) in [7, 11) is 1.61. The molecule has 0 atom stereocenters. The lowest BCUT2D eigenvalue weighted by Gasteiger charge is -2.09. The molecular weight excluding hydrogens is 270 g/mol. The van der Waals surface area contributed by atoms with Crippen LogP contribution < -0.4 is 9.47 Å². The molecule has 0 saturated carbocycles. The Kier molecular flexibility index (Phi) is 3.41. The molecule has 0 radical (unpaired) electrons. The van der Waals surface area contributed by atoms with Crippen molar-refractivity contribution in [2.45, 2.75) is 0 Å². The third-order valence-corrected chi connectivity index (χ3v) is 2.41. The van der Waals surface area contributed by atoms with Gasteiger partial charge in [-0.25, -0.2) is 0 Å². The fourth-order valence-electron chi connectivity index (χ4n) is 1.28. The van der Waals surface area contributed by atoms with E-state index in [1.54, 1.807) is 19.5 Å². The van der Waals surface area contributed by atoms with Gasteiger partial charge in [0.05, 0.1) is 13.3 Å². The molecule has 0 amide bonds. The van der Waals surface area contributed by atoms with Gasteiger partial charge in [0.15, 0.2) is 11.5 Å². The van der Waals surface area contributed by atoms with E-state index in [0.29, 0.717) is 17.2 Å². The average molecular weight is 280 g/mol. The van der Waals surface area contributed by atoms with E-state index < -0.39 is 0 Å². The van der Waals surface area contributed by atoms with Gasteiger partial charge in [0.2, 0.25) is 0 Å². The lowest BCUT2D eigenvalue weighted by molar-refractivity contribution is 0.378. The first-order valence-electron chi connectivity index (χ1n) is 4.71. The van der Waals surface area contributed by atoms with E-state index in [4.69, 9.17) is 9.47 Å². The molecule has 0 saturated heterocycles. The van der Waals surface area contributed by atoms with Crippen LogP contribution in [0.1, 0.15) is 0 Å². The number of halogens is 1. The van der Waals surface area contributed by atoms with E-state index in [2.05, 4.69) is 20.9 Å². The van der Waals surface area contributed by atoms with Gasteiger partial charge in [-0.2, -0.15) is 0 Å². The molecule has 0 aliphatic carbocycles. The van der Waals surface area contributed by atoms with Gasteiger partial charge in [0.1, 0.15) is 5.75 Å². The summed E-state index contributed by atoms with van der Waals surface area (Å²) in [6, 6.07) is 9.33. The van der Waals surface area contributed by atoms with E-state index in [9.17, 15) is 0 Å². The maximum Gasteiger partial charge on any atom is 0.169 e. The topological polar surface area (TPSA) is 31.4 Å². The highest BCUT2D eigenvalue weighted by molar-refractivity contribution is 9.10. The molecule has 0 aliphatic rings. The number of benzene rings is 1. The third kappa shape index (κ3) is 2.52. The molecule has 2 rings (SSSR count). The monoisotopic (exact) mass is 279 g/mol. The summed E-state index contributed by atoms with van der Waals surface area (Å²) in [5, 5.41) is 0. The lowest BCUT2D eigenvalue weighted by Crippen LogP contribution is -1.90. The summed E-state index contributed by atoms with van der Waals surface area (Å²) in [6.07, 6.45) is 3.35. The highest BCUT2D eigenvalue weighted by Crippen LogP contribution is 2.31. The molecule has 0 unspecified atom stereocenters. The molecule has 0 fully saturated rings. The first-order valence-corrected chi connectivity index (χ1v) is 5.50. The SMILES string of the molecule is COc1ccccc1Oc1cncc(Br)c1. The van der Waals surface area contributed by atoms with Crippen molar-refractivity contribution in [3.05, 3.63) is 47.2 Å². The number of hydrogen-bond acceptors (Lipinski definition) is 3. The van der Waals surface area contributed by atoms with Crippen LogP contribution in [0, 0.1) is 0 Å². The molecule has 1 aromatic carbocycles. The minimum Gasteiger partial charge on any atom is -0.493 e. The molecule has 4 heteroatoms. The Morgan fingerprint density at radius 3 is 2.56 bits per heavy atom. The predicted molar refractivity (Wildman–Crippen MR) is 65.0 cm³/mol. The quantitative estimate of drug-likeness (QED) is 0.860. The number of rotatable bonds is 3. The molecule has 0 spiro atoms. The van der Waals surface area contributed by atoms with Crippen LogP contribution in [0.2, 0.25) is 0 Å². The fourth-order valence-corrected chi connectivity index (χ4v) is 1.62. The maximum absolute atomic E-state index is 5.66. The number of ether oxygens (including phenoxy) is 2. The van der Waals surface area contributed by atoms with E-state index in [1.165, 1.54) is 0 Å². The fraction of sp³-hybridized carbons (Fsp3) is 0.0833. The molecule has 3 nitrogen and oxygen atoms in total. The van der Waals surface area contributed by atoms with Crippen LogP contribution in [-0.2, 0) is 0 Å². The highest BCUT2D eigenvalue weighted by atomic mass is 79.9. The Bertz CT molecular complexity index is 488. The van der Waals surface area contributed by atoms with Crippen LogP contribution in [0.5, 0.6) is 17.2 Å². The molecule has 1 aromatic heterocycles. The lowest BCUT2D eigenvalue weighted by atomic mass is 10.3. The molecule has 0 aliphatic heterocycles. The summed E-state index contributed by atoms with van der Waals surface area (Å²) >= 11 is 3.34. The Labute approximate surface area is 102 Å². The summed E-state index contributed by atoms with van der Waals surface area (Å²) in [4.78, 5) is 4.02. The molecule has 0 bridgehead atoms. The second-order valence-corrected chi connectivity index (χ2v) is 4.01. The first-order chi connectivity index (χ1) is 7.79. The van der Waals surface area contributed by atoms with Crippen molar-refractivity contribution in [3.63, 3.8) is 0 Å².